The van der Waals surface area contributed by atoms with E-state index in [4.69, 9.17) is 38.4 Å². The second kappa shape index (κ2) is 11.2. The Balaban J connectivity index is 1.70. The first-order valence-corrected chi connectivity index (χ1v) is 12.4. The molecule has 6 nitrogen and oxygen atoms in total. The minimum Gasteiger partial charge on any atom is -0.495 e. The Morgan fingerprint density at radius 1 is 1.21 bits per heavy atom. The number of thiocarbonyl (C=S) groups is 1. The molecule has 1 aliphatic rings. The molecule has 1 aromatic heterocycles. The largest absolute Gasteiger partial charge is 0.495 e. The monoisotopic (exact) mass is 513 g/mol. The fraction of sp³-hybridized carbons (Fsp3) is 0.240. The van der Waals surface area contributed by atoms with Crippen molar-refractivity contribution in [1.82, 2.24) is 14.7 Å². The zero-order chi connectivity index (χ0) is 24.1. The van der Waals surface area contributed by atoms with Crippen LogP contribution in [-0.4, -0.2) is 51.8 Å². The molecule has 1 aliphatic heterocycles. The SMILES string of the molecule is CCOCCCN1C(=O)/C(=C/c2cn(-c3ccccc3)nc2-c2ccc(OC)c(Cl)c2)SC1=S. The minimum atomic E-state index is -0.0994. The van der Waals surface area contributed by atoms with E-state index in [-0.39, 0.29) is 5.91 Å². The van der Waals surface area contributed by atoms with Crippen LogP contribution >= 0.6 is 35.6 Å². The van der Waals surface area contributed by atoms with E-state index >= 15 is 0 Å². The second-order valence-electron chi connectivity index (χ2n) is 7.45. The molecule has 0 radical (unpaired) electrons. The van der Waals surface area contributed by atoms with Crippen LogP contribution in [0.2, 0.25) is 5.02 Å². The van der Waals surface area contributed by atoms with Gasteiger partial charge in [0, 0.05) is 37.1 Å². The number of hydrogen-bond acceptors (Lipinski definition) is 6. The van der Waals surface area contributed by atoms with Gasteiger partial charge in [-0.25, -0.2) is 4.68 Å². The van der Waals surface area contributed by atoms with Gasteiger partial charge in [0.15, 0.2) is 0 Å². The first-order chi connectivity index (χ1) is 16.5. The van der Waals surface area contributed by atoms with Crippen LogP contribution in [0, 0.1) is 0 Å². The minimum absolute atomic E-state index is 0.0994. The molecule has 0 spiro atoms. The molecule has 0 aliphatic carbocycles. The maximum Gasteiger partial charge on any atom is 0.266 e. The number of ether oxygens (including phenoxy) is 2. The number of thioether (sulfide) groups is 1. The van der Waals surface area contributed by atoms with E-state index in [1.807, 2.05) is 61.7 Å². The highest BCUT2D eigenvalue weighted by atomic mass is 35.5. The number of halogens is 1. The molecule has 1 amide bonds. The molecule has 1 saturated heterocycles. The summed E-state index contributed by atoms with van der Waals surface area (Å²) in [4.78, 5) is 15.3. The molecular formula is C25H24ClN3O3S2. The van der Waals surface area contributed by atoms with Gasteiger partial charge in [0.25, 0.3) is 5.91 Å². The fourth-order valence-electron chi connectivity index (χ4n) is 3.55. The summed E-state index contributed by atoms with van der Waals surface area (Å²) in [5.41, 5.74) is 3.22. The number of nitrogens with zero attached hydrogens (tertiary/aromatic N) is 3. The third-order valence-corrected chi connectivity index (χ3v) is 6.90. The van der Waals surface area contributed by atoms with Crippen molar-refractivity contribution in [3.63, 3.8) is 0 Å². The average molecular weight is 514 g/mol. The van der Waals surface area contributed by atoms with Gasteiger partial charge < -0.3 is 9.47 Å². The Morgan fingerprint density at radius 2 is 2.00 bits per heavy atom. The molecule has 176 valence electrons. The predicted octanol–water partition coefficient (Wildman–Crippen LogP) is 5.83. The summed E-state index contributed by atoms with van der Waals surface area (Å²) >= 11 is 13.2. The second-order valence-corrected chi connectivity index (χ2v) is 9.53. The molecule has 4 rings (SSSR count). The Labute approximate surface area is 213 Å². The van der Waals surface area contributed by atoms with Crippen LogP contribution in [0.5, 0.6) is 5.75 Å². The van der Waals surface area contributed by atoms with E-state index in [1.54, 1.807) is 22.8 Å². The maximum atomic E-state index is 13.1. The summed E-state index contributed by atoms with van der Waals surface area (Å²) < 4.78 is 13.0. The van der Waals surface area contributed by atoms with Crippen molar-refractivity contribution in [2.75, 3.05) is 26.9 Å². The van der Waals surface area contributed by atoms with Gasteiger partial charge >= 0.3 is 0 Å². The Hall–Kier alpha value is -2.65. The van der Waals surface area contributed by atoms with E-state index < -0.39 is 0 Å². The first-order valence-electron chi connectivity index (χ1n) is 10.8. The molecule has 0 bridgehead atoms. The maximum absolute atomic E-state index is 13.1. The van der Waals surface area contributed by atoms with Crippen LogP contribution in [0.4, 0.5) is 0 Å². The normalized spacial score (nSPS) is 14.9. The topological polar surface area (TPSA) is 56.6 Å². The highest BCUT2D eigenvalue weighted by Crippen LogP contribution is 2.36. The van der Waals surface area contributed by atoms with E-state index in [2.05, 4.69) is 0 Å². The Bertz CT molecular complexity index is 1230. The quantitative estimate of drug-likeness (QED) is 0.204. The van der Waals surface area contributed by atoms with Crippen molar-refractivity contribution < 1.29 is 14.3 Å². The number of benzene rings is 2. The lowest BCUT2D eigenvalue weighted by molar-refractivity contribution is -0.122. The summed E-state index contributed by atoms with van der Waals surface area (Å²) in [5.74, 6) is 0.486. The molecule has 0 atom stereocenters. The van der Waals surface area contributed by atoms with Gasteiger partial charge in [-0.3, -0.25) is 9.69 Å². The van der Waals surface area contributed by atoms with Crippen LogP contribution in [0.25, 0.3) is 23.0 Å². The molecule has 0 saturated carbocycles. The Morgan fingerprint density at radius 3 is 2.71 bits per heavy atom. The molecule has 1 fully saturated rings. The van der Waals surface area contributed by atoms with Crippen LogP contribution in [-0.2, 0) is 9.53 Å². The van der Waals surface area contributed by atoms with E-state index in [9.17, 15) is 4.79 Å². The van der Waals surface area contributed by atoms with Crippen LogP contribution in [0.1, 0.15) is 18.9 Å². The Kier molecular flexibility index (Phi) is 8.05. The van der Waals surface area contributed by atoms with Gasteiger partial charge in [0.05, 0.1) is 22.7 Å². The molecule has 0 unspecified atom stereocenters. The number of aromatic nitrogens is 2. The lowest BCUT2D eigenvalue weighted by Crippen LogP contribution is -2.29. The van der Waals surface area contributed by atoms with Crippen LogP contribution in [0.15, 0.2) is 59.6 Å². The van der Waals surface area contributed by atoms with Gasteiger partial charge in [0.1, 0.15) is 15.8 Å². The third kappa shape index (κ3) is 5.36. The number of hydrogen-bond donors (Lipinski definition) is 0. The molecule has 2 aromatic carbocycles. The predicted molar refractivity (Wildman–Crippen MR) is 142 cm³/mol. The van der Waals surface area contributed by atoms with Crippen molar-refractivity contribution in [3.05, 3.63) is 70.2 Å². The number of carbonyl (C=O) groups is 1. The van der Waals surface area contributed by atoms with Crippen molar-refractivity contribution in [1.29, 1.82) is 0 Å². The summed E-state index contributed by atoms with van der Waals surface area (Å²) in [6.45, 7) is 3.73. The van der Waals surface area contributed by atoms with E-state index in [1.165, 1.54) is 11.8 Å². The first kappa shape index (κ1) is 24.5. The molecule has 2 heterocycles. The highest BCUT2D eigenvalue weighted by molar-refractivity contribution is 8.26. The van der Waals surface area contributed by atoms with Crippen LogP contribution < -0.4 is 4.74 Å². The lowest BCUT2D eigenvalue weighted by Gasteiger charge is -2.13. The van der Waals surface area contributed by atoms with Crippen molar-refractivity contribution in [2.24, 2.45) is 0 Å². The number of para-hydroxylation sites is 1. The summed E-state index contributed by atoms with van der Waals surface area (Å²) in [5, 5.41) is 5.30. The molecule has 3 aromatic rings. The molecular weight excluding hydrogens is 490 g/mol. The summed E-state index contributed by atoms with van der Waals surface area (Å²) in [7, 11) is 1.58. The molecule has 0 N–H and O–H groups in total. The van der Waals surface area contributed by atoms with Crippen molar-refractivity contribution in [2.45, 2.75) is 13.3 Å². The molecule has 34 heavy (non-hydrogen) atoms. The molecule has 9 heteroatoms. The standard InChI is InChI=1S/C25H24ClN3O3S2/c1-3-32-13-7-12-28-24(30)22(34-25(28)33)15-18-16-29(19-8-5-4-6-9-19)27-23(18)17-10-11-21(31-2)20(26)14-17/h4-6,8-11,14-16H,3,7,12-13H2,1-2H3/b22-15-. The number of rotatable bonds is 9. The average Bonchev–Trinajstić information content (AvgIpc) is 3.38. The number of methoxy groups -OCH3 is 1. The smallest absolute Gasteiger partial charge is 0.266 e. The van der Waals surface area contributed by atoms with Crippen molar-refractivity contribution >= 4 is 51.9 Å². The van der Waals surface area contributed by atoms with E-state index in [0.717, 1.165) is 23.2 Å². The fourth-order valence-corrected chi connectivity index (χ4v) is 5.10. The van der Waals surface area contributed by atoms with Gasteiger partial charge in [-0.05, 0) is 49.8 Å². The zero-order valence-electron chi connectivity index (χ0n) is 18.9. The van der Waals surface area contributed by atoms with Gasteiger partial charge in [-0.2, -0.15) is 5.10 Å². The van der Waals surface area contributed by atoms with Gasteiger partial charge in [-0.1, -0.05) is 53.8 Å². The van der Waals surface area contributed by atoms with Gasteiger partial charge in [-0.15, -0.1) is 0 Å². The van der Waals surface area contributed by atoms with E-state index in [0.29, 0.717) is 45.5 Å². The summed E-state index contributed by atoms with van der Waals surface area (Å²) in [6, 6.07) is 15.3. The number of amides is 1. The van der Waals surface area contributed by atoms with Crippen molar-refractivity contribution in [3.8, 4) is 22.7 Å². The number of carbonyl (C=O) groups excluding carboxylic acids is 1. The zero-order valence-corrected chi connectivity index (χ0v) is 21.3. The summed E-state index contributed by atoms with van der Waals surface area (Å²) in [6.07, 6.45) is 4.49. The highest BCUT2D eigenvalue weighted by Gasteiger charge is 2.32. The van der Waals surface area contributed by atoms with Crippen LogP contribution in [0.3, 0.4) is 0 Å². The third-order valence-electron chi connectivity index (χ3n) is 5.22. The lowest BCUT2D eigenvalue weighted by atomic mass is 10.1. The van der Waals surface area contributed by atoms with Gasteiger partial charge in [0.2, 0.25) is 0 Å².